The van der Waals surface area contributed by atoms with Gasteiger partial charge in [0.2, 0.25) is 0 Å². The van der Waals surface area contributed by atoms with Crippen molar-refractivity contribution in [2.75, 3.05) is 17.3 Å². The van der Waals surface area contributed by atoms with E-state index in [1.807, 2.05) is 26.0 Å². The molecule has 2 aromatic carbocycles. The number of ether oxygens (including phenoxy) is 1. The second-order valence-corrected chi connectivity index (χ2v) is 11.4. The maximum atomic E-state index is 13.7. The first-order chi connectivity index (χ1) is 16.9. The number of hydroxylamine groups is 1. The van der Waals surface area contributed by atoms with Gasteiger partial charge in [0, 0.05) is 21.2 Å². The van der Waals surface area contributed by atoms with Gasteiger partial charge in [-0.2, -0.15) is 0 Å². The van der Waals surface area contributed by atoms with Crippen LogP contribution in [0.1, 0.15) is 50.5 Å². The van der Waals surface area contributed by atoms with Crippen molar-refractivity contribution >= 4 is 47.0 Å². The highest BCUT2D eigenvalue weighted by molar-refractivity contribution is 7.99. The first-order valence-electron chi connectivity index (χ1n) is 11.7. The van der Waals surface area contributed by atoms with E-state index in [4.69, 9.17) is 21.2 Å². The van der Waals surface area contributed by atoms with Gasteiger partial charge < -0.3 is 15.0 Å². The van der Waals surface area contributed by atoms with Crippen molar-refractivity contribution in [2.45, 2.75) is 57.7 Å². The molecular formula is C26H32ClN3O5S. The molecular weight excluding hydrogens is 502 g/mol. The molecule has 1 aliphatic heterocycles. The number of fused-ring (bicyclic) bond motifs is 1. The summed E-state index contributed by atoms with van der Waals surface area (Å²) in [5, 5.41) is 3.29. The maximum absolute atomic E-state index is 13.7. The van der Waals surface area contributed by atoms with Crippen LogP contribution in [0, 0.1) is 5.92 Å². The highest BCUT2D eigenvalue weighted by atomic mass is 35.5. The van der Waals surface area contributed by atoms with Gasteiger partial charge in [-0.1, -0.05) is 37.6 Å². The lowest BCUT2D eigenvalue weighted by Crippen LogP contribution is -2.50. The summed E-state index contributed by atoms with van der Waals surface area (Å²) in [4.78, 5) is 46.5. The van der Waals surface area contributed by atoms with Gasteiger partial charge in [-0.15, -0.1) is 11.8 Å². The molecule has 10 heteroatoms. The summed E-state index contributed by atoms with van der Waals surface area (Å²) in [5.41, 5.74) is 3.53. The van der Waals surface area contributed by atoms with E-state index in [-0.39, 0.29) is 18.4 Å². The minimum atomic E-state index is -0.823. The largest absolute Gasteiger partial charge is 0.444 e. The van der Waals surface area contributed by atoms with Gasteiger partial charge >= 0.3 is 6.09 Å². The van der Waals surface area contributed by atoms with Gasteiger partial charge in [0.15, 0.2) is 0 Å². The molecule has 0 bridgehead atoms. The Labute approximate surface area is 221 Å². The van der Waals surface area contributed by atoms with E-state index in [1.54, 1.807) is 56.0 Å². The van der Waals surface area contributed by atoms with Crippen molar-refractivity contribution < 1.29 is 24.0 Å². The van der Waals surface area contributed by atoms with Gasteiger partial charge in [0.1, 0.15) is 11.6 Å². The molecule has 0 aliphatic carbocycles. The number of carbonyl (C=O) groups is 3. The predicted molar refractivity (Wildman–Crippen MR) is 141 cm³/mol. The Kier molecular flexibility index (Phi) is 9.27. The first-order valence-corrected chi connectivity index (χ1v) is 13.0. The minimum Gasteiger partial charge on any atom is -0.444 e. The normalized spacial score (nSPS) is 15.8. The zero-order chi connectivity index (χ0) is 26.5. The van der Waals surface area contributed by atoms with Crippen LogP contribution in [0.3, 0.4) is 0 Å². The van der Waals surface area contributed by atoms with E-state index in [0.29, 0.717) is 28.6 Å². The third-order valence-corrected chi connectivity index (χ3v) is 6.42. The number of carbonyl (C=O) groups excluding carboxylic acids is 3. The van der Waals surface area contributed by atoms with Crippen molar-refractivity contribution in [3.8, 4) is 0 Å². The van der Waals surface area contributed by atoms with Crippen LogP contribution in [0.5, 0.6) is 0 Å². The molecule has 2 N–H and O–H groups in total. The van der Waals surface area contributed by atoms with Crippen LogP contribution in [0.25, 0.3) is 0 Å². The standard InChI is InChI=1S/C26H32ClN3O5S/c1-16(2)14-34-29-23(31)18-8-11-22-21(12-18)30(13-17-6-9-19(27)10-7-17)24(32)20(15-36-22)28-25(33)35-26(3,4)5/h6-12,16,20H,13-15H2,1-5H3,(H,28,33)(H,29,31)/t20-/m0/s1. The third kappa shape index (κ3) is 7.88. The maximum Gasteiger partial charge on any atom is 0.408 e. The number of anilines is 1. The summed E-state index contributed by atoms with van der Waals surface area (Å²) < 4.78 is 5.37. The first kappa shape index (κ1) is 27.8. The highest BCUT2D eigenvalue weighted by Crippen LogP contribution is 2.36. The number of amides is 3. The van der Waals surface area contributed by atoms with E-state index < -0.39 is 23.6 Å². The molecule has 0 aromatic heterocycles. The molecule has 0 unspecified atom stereocenters. The summed E-state index contributed by atoms with van der Waals surface area (Å²) in [7, 11) is 0. The number of nitrogens with one attached hydrogen (secondary N) is 2. The van der Waals surface area contributed by atoms with E-state index in [1.165, 1.54) is 11.8 Å². The summed E-state index contributed by atoms with van der Waals surface area (Å²) >= 11 is 7.46. The van der Waals surface area contributed by atoms with E-state index in [2.05, 4.69) is 10.8 Å². The van der Waals surface area contributed by atoms with E-state index in [0.717, 1.165) is 10.5 Å². The van der Waals surface area contributed by atoms with Gasteiger partial charge in [0.25, 0.3) is 11.8 Å². The lowest BCUT2D eigenvalue weighted by Gasteiger charge is -2.27. The lowest BCUT2D eigenvalue weighted by molar-refractivity contribution is -0.120. The molecule has 36 heavy (non-hydrogen) atoms. The Balaban J connectivity index is 1.91. The monoisotopic (exact) mass is 533 g/mol. The third-order valence-electron chi connectivity index (χ3n) is 5.01. The number of rotatable bonds is 7. The van der Waals surface area contributed by atoms with Crippen LogP contribution in [-0.4, -0.2) is 41.9 Å². The number of nitrogens with zero attached hydrogens (tertiary/aromatic N) is 1. The Morgan fingerprint density at radius 2 is 1.86 bits per heavy atom. The fraction of sp³-hybridized carbons (Fsp3) is 0.423. The Bertz CT molecular complexity index is 1100. The Morgan fingerprint density at radius 3 is 2.50 bits per heavy atom. The zero-order valence-corrected chi connectivity index (χ0v) is 22.7. The molecule has 3 amide bonds. The van der Waals surface area contributed by atoms with Crippen molar-refractivity contribution in [1.82, 2.24) is 10.8 Å². The number of benzene rings is 2. The molecule has 0 fully saturated rings. The van der Waals surface area contributed by atoms with Crippen LogP contribution in [-0.2, 0) is 20.9 Å². The quantitative estimate of drug-likeness (QED) is 0.475. The zero-order valence-electron chi connectivity index (χ0n) is 21.1. The van der Waals surface area contributed by atoms with Crippen molar-refractivity contribution in [2.24, 2.45) is 5.92 Å². The smallest absolute Gasteiger partial charge is 0.408 e. The lowest BCUT2D eigenvalue weighted by atomic mass is 10.1. The number of thioether (sulfide) groups is 1. The summed E-state index contributed by atoms with van der Waals surface area (Å²) in [6.45, 7) is 9.85. The van der Waals surface area contributed by atoms with Crippen LogP contribution < -0.4 is 15.7 Å². The van der Waals surface area contributed by atoms with Crippen molar-refractivity contribution in [3.05, 3.63) is 58.6 Å². The SMILES string of the molecule is CC(C)CONC(=O)c1ccc2c(c1)N(Cc1ccc(Cl)cc1)C(=O)[C@@H](NC(=O)OC(C)(C)C)CS2. The number of halogens is 1. The van der Waals surface area contributed by atoms with Gasteiger partial charge in [-0.3, -0.25) is 14.4 Å². The second-order valence-electron chi connectivity index (χ2n) is 9.88. The average molecular weight is 534 g/mol. The van der Waals surface area contributed by atoms with Crippen molar-refractivity contribution in [1.29, 1.82) is 0 Å². The summed E-state index contributed by atoms with van der Waals surface area (Å²) in [6, 6.07) is 11.5. The molecule has 1 aliphatic rings. The summed E-state index contributed by atoms with van der Waals surface area (Å²) in [5.74, 6) is -0.146. The molecule has 1 atom stereocenters. The van der Waals surface area contributed by atoms with Gasteiger partial charge in [-0.25, -0.2) is 10.3 Å². The number of hydrogen-bond donors (Lipinski definition) is 2. The topological polar surface area (TPSA) is 97.0 Å². The fourth-order valence-corrected chi connectivity index (χ4v) is 4.54. The van der Waals surface area contributed by atoms with E-state index in [9.17, 15) is 14.4 Å². The van der Waals surface area contributed by atoms with Gasteiger partial charge in [0.05, 0.1) is 18.8 Å². The number of alkyl carbamates (subject to hydrolysis) is 1. The van der Waals surface area contributed by atoms with Gasteiger partial charge in [-0.05, 0) is 62.6 Å². The highest BCUT2D eigenvalue weighted by Gasteiger charge is 2.33. The summed E-state index contributed by atoms with van der Waals surface area (Å²) in [6.07, 6.45) is -0.666. The Morgan fingerprint density at radius 1 is 1.17 bits per heavy atom. The van der Waals surface area contributed by atoms with Crippen LogP contribution in [0.2, 0.25) is 5.02 Å². The average Bonchev–Trinajstić information content (AvgIpc) is 2.91. The fourth-order valence-electron chi connectivity index (χ4n) is 3.36. The predicted octanol–water partition coefficient (Wildman–Crippen LogP) is 5.19. The molecule has 0 saturated heterocycles. The van der Waals surface area contributed by atoms with Crippen LogP contribution >= 0.6 is 23.4 Å². The van der Waals surface area contributed by atoms with Crippen LogP contribution in [0.15, 0.2) is 47.4 Å². The molecule has 0 radical (unpaired) electrons. The molecule has 0 spiro atoms. The molecule has 3 rings (SSSR count). The Hall–Kier alpha value is -2.75. The molecule has 2 aromatic rings. The minimum absolute atomic E-state index is 0.227. The molecule has 194 valence electrons. The van der Waals surface area contributed by atoms with Crippen molar-refractivity contribution in [3.63, 3.8) is 0 Å². The second kappa shape index (κ2) is 12.0. The molecule has 8 nitrogen and oxygen atoms in total. The van der Waals surface area contributed by atoms with E-state index >= 15 is 0 Å². The number of hydrogen-bond acceptors (Lipinski definition) is 6. The van der Waals surface area contributed by atoms with Crippen LogP contribution in [0.4, 0.5) is 10.5 Å². The molecule has 0 saturated carbocycles. The molecule has 1 heterocycles.